The van der Waals surface area contributed by atoms with E-state index in [-0.39, 0.29) is 5.69 Å². The number of aromatic amines is 1. The fourth-order valence-electron chi connectivity index (χ4n) is 2.03. The summed E-state index contributed by atoms with van der Waals surface area (Å²) in [4.78, 5) is 17.4. The lowest BCUT2D eigenvalue weighted by Gasteiger charge is -2.20. The van der Waals surface area contributed by atoms with Crippen LogP contribution in [0.15, 0.2) is 17.1 Å². The summed E-state index contributed by atoms with van der Waals surface area (Å²) < 4.78 is 0. The maximum absolute atomic E-state index is 11.0. The molecule has 3 heteroatoms. The van der Waals surface area contributed by atoms with Crippen molar-refractivity contribution >= 4 is 0 Å². The lowest BCUT2D eigenvalue weighted by molar-refractivity contribution is 0.435. The summed E-state index contributed by atoms with van der Waals surface area (Å²) >= 11 is 0. The van der Waals surface area contributed by atoms with E-state index in [2.05, 4.69) is 9.97 Å². The van der Waals surface area contributed by atoms with Crippen molar-refractivity contribution in [3.63, 3.8) is 0 Å². The van der Waals surface area contributed by atoms with E-state index in [4.69, 9.17) is 0 Å². The van der Waals surface area contributed by atoms with Crippen molar-refractivity contribution in [3.05, 3.63) is 28.4 Å². The minimum atomic E-state index is -0.219. The molecule has 1 N–H and O–H groups in total. The van der Waals surface area contributed by atoms with Gasteiger partial charge < -0.3 is 4.98 Å². The van der Waals surface area contributed by atoms with E-state index in [1.807, 2.05) is 6.07 Å². The quantitative estimate of drug-likeness (QED) is 0.713. The Bertz CT molecular complexity index is 326. The summed E-state index contributed by atoms with van der Waals surface area (Å²) in [7, 11) is 0. The van der Waals surface area contributed by atoms with E-state index in [0.29, 0.717) is 5.92 Å². The summed E-state index contributed by atoms with van der Waals surface area (Å²) in [6.45, 7) is 0. The first kappa shape index (κ1) is 8.48. The van der Waals surface area contributed by atoms with Crippen molar-refractivity contribution in [1.82, 2.24) is 9.97 Å². The lowest BCUT2D eigenvalue weighted by atomic mass is 9.87. The third kappa shape index (κ3) is 1.97. The first-order chi connectivity index (χ1) is 6.36. The highest BCUT2D eigenvalue weighted by Crippen LogP contribution is 2.30. The molecule has 1 fully saturated rings. The Balaban J connectivity index is 2.19. The number of rotatable bonds is 1. The molecule has 1 heterocycles. The zero-order chi connectivity index (χ0) is 9.10. The Morgan fingerprint density at radius 3 is 2.77 bits per heavy atom. The van der Waals surface area contributed by atoms with Crippen LogP contribution in [0.1, 0.15) is 43.7 Å². The fourth-order valence-corrected chi connectivity index (χ4v) is 2.03. The average molecular weight is 178 g/mol. The lowest BCUT2D eigenvalue weighted by Crippen LogP contribution is -2.15. The molecule has 0 radical (unpaired) electrons. The molecule has 0 aromatic carbocycles. The van der Waals surface area contributed by atoms with E-state index in [0.717, 1.165) is 5.69 Å². The van der Waals surface area contributed by atoms with Crippen LogP contribution in [-0.2, 0) is 0 Å². The predicted molar refractivity (Wildman–Crippen MR) is 50.7 cm³/mol. The second kappa shape index (κ2) is 3.73. The molecular weight excluding hydrogens is 164 g/mol. The van der Waals surface area contributed by atoms with Gasteiger partial charge in [0.05, 0.1) is 0 Å². The van der Waals surface area contributed by atoms with E-state index >= 15 is 0 Å². The van der Waals surface area contributed by atoms with Crippen molar-refractivity contribution in [2.75, 3.05) is 0 Å². The first-order valence-corrected chi connectivity index (χ1v) is 4.91. The van der Waals surface area contributed by atoms with Crippen LogP contribution in [0.25, 0.3) is 0 Å². The van der Waals surface area contributed by atoms with Gasteiger partial charge in [-0.1, -0.05) is 19.3 Å². The summed E-state index contributed by atoms with van der Waals surface area (Å²) in [5, 5.41) is 0. The molecule has 70 valence electrons. The van der Waals surface area contributed by atoms with E-state index < -0.39 is 0 Å². The van der Waals surface area contributed by atoms with Crippen LogP contribution in [0.3, 0.4) is 0 Å². The van der Waals surface area contributed by atoms with E-state index in [1.54, 1.807) is 6.20 Å². The molecule has 1 saturated carbocycles. The third-order valence-corrected chi connectivity index (χ3v) is 2.74. The van der Waals surface area contributed by atoms with Crippen LogP contribution in [-0.4, -0.2) is 9.97 Å². The molecule has 1 aromatic heterocycles. The number of nitrogens with zero attached hydrogens (tertiary/aromatic N) is 1. The SMILES string of the molecule is O=c1nccc(C2CCCCC2)[nH]1. The largest absolute Gasteiger partial charge is 0.345 e. The highest BCUT2D eigenvalue weighted by Gasteiger charge is 2.15. The second-order valence-electron chi connectivity index (χ2n) is 3.67. The highest BCUT2D eigenvalue weighted by molar-refractivity contribution is 5.06. The molecular formula is C10H14N2O. The monoisotopic (exact) mass is 178 g/mol. The number of aromatic nitrogens is 2. The standard InChI is InChI=1S/C10H14N2O/c13-10-11-7-6-9(12-10)8-4-2-1-3-5-8/h6-8H,1-5H2,(H,11,12,13). The van der Waals surface area contributed by atoms with Crippen molar-refractivity contribution in [3.8, 4) is 0 Å². The van der Waals surface area contributed by atoms with Gasteiger partial charge in [0.1, 0.15) is 0 Å². The van der Waals surface area contributed by atoms with Gasteiger partial charge in [0.25, 0.3) is 0 Å². The topological polar surface area (TPSA) is 45.8 Å². The molecule has 0 atom stereocenters. The zero-order valence-corrected chi connectivity index (χ0v) is 7.62. The number of nitrogens with one attached hydrogen (secondary N) is 1. The summed E-state index contributed by atoms with van der Waals surface area (Å²) in [5.41, 5.74) is 0.850. The van der Waals surface area contributed by atoms with Crippen LogP contribution < -0.4 is 5.69 Å². The Morgan fingerprint density at radius 1 is 1.31 bits per heavy atom. The minimum Gasteiger partial charge on any atom is -0.310 e. The van der Waals surface area contributed by atoms with Gasteiger partial charge in [-0.3, -0.25) is 0 Å². The van der Waals surface area contributed by atoms with Gasteiger partial charge in [-0.15, -0.1) is 0 Å². The maximum Gasteiger partial charge on any atom is 0.345 e. The smallest absolute Gasteiger partial charge is 0.310 e. The minimum absolute atomic E-state index is 0.219. The molecule has 0 spiro atoms. The van der Waals surface area contributed by atoms with Crippen LogP contribution in [0.2, 0.25) is 0 Å². The molecule has 0 bridgehead atoms. The first-order valence-electron chi connectivity index (χ1n) is 4.91. The van der Waals surface area contributed by atoms with Crippen LogP contribution >= 0.6 is 0 Å². The molecule has 1 aromatic rings. The van der Waals surface area contributed by atoms with Crippen LogP contribution in [0.5, 0.6) is 0 Å². The van der Waals surface area contributed by atoms with Gasteiger partial charge in [-0.05, 0) is 24.8 Å². The zero-order valence-electron chi connectivity index (χ0n) is 7.62. The van der Waals surface area contributed by atoms with Crippen molar-refractivity contribution in [2.45, 2.75) is 38.0 Å². The van der Waals surface area contributed by atoms with Crippen molar-refractivity contribution in [2.24, 2.45) is 0 Å². The fraction of sp³-hybridized carbons (Fsp3) is 0.600. The molecule has 2 rings (SSSR count). The molecule has 1 aliphatic carbocycles. The predicted octanol–water partition coefficient (Wildman–Crippen LogP) is 1.82. The number of hydrogen-bond acceptors (Lipinski definition) is 2. The molecule has 3 nitrogen and oxygen atoms in total. The molecule has 0 unspecified atom stereocenters. The van der Waals surface area contributed by atoms with E-state index in [9.17, 15) is 4.79 Å². The summed E-state index contributed by atoms with van der Waals surface area (Å²) in [6, 6.07) is 1.93. The Kier molecular flexibility index (Phi) is 2.43. The van der Waals surface area contributed by atoms with Gasteiger partial charge in [-0.2, -0.15) is 0 Å². The molecule has 0 aliphatic heterocycles. The normalized spacial score (nSPS) is 18.8. The van der Waals surface area contributed by atoms with Gasteiger partial charge in [0, 0.05) is 11.9 Å². The summed E-state index contributed by atoms with van der Waals surface area (Å²) in [5.74, 6) is 0.560. The van der Waals surface area contributed by atoms with Crippen molar-refractivity contribution < 1.29 is 0 Å². The van der Waals surface area contributed by atoms with Crippen molar-refractivity contribution in [1.29, 1.82) is 0 Å². The van der Waals surface area contributed by atoms with E-state index in [1.165, 1.54) is 32.1 Å². The van der Waals surface area contributed by atoms with Gasteiger partial charge >= 0.3 is 5.69 Å². The highest BCUT2D eigenvalue weighted by atomic mass is 16.1. The number of hydrogen-bond donors (Lipinski definition) is 1. The Labute approximate surface area is 77.2 Å². The Hall–Kier alpha value is -1.12. The molecule has 0 saturated heterocycles. The van der Waals surface area contributed by atoms with Crippen LogP contribution in [0, 0.1) is 0 Å². The average Bonchev–Trinajstić information content (AvgIpc) is 2.19. The third-order valence-electron chi connectivity index (χ3n) is 2.74. The Morgan fingerprint density at radius 2 is 2.08 bits per heavy atom. The second-order valence-corrected chi connectivity index (χ2v) is 3.67. The molecule has 13 heavy (non-hydrogen) atoms. The maximum atomic E-state index is 11.0. The van der Waals surface area contributed by atoms with Crippen LogP contribution in [0.4, 0.5) is 0 Å². The number of H-pyrrole nitrogens is 1. The molecule has 0 amide bonds. The van der Waals surface area contributed by atoms with Gasteiger partial charge in [-0.25, -0.2) is 9.78 Å². The van der Waals surface area contributed by atoms with Gasteiger partial charge in [0.2, 0.25) is 0 Å². The molecule has 1 aliphatic rings. The van der Waals surface area contributed by atoms with Gasteiger partial charge in [0.15, 0.2) is 0 Å². The summed E-state index contributed by atoms with van der Waals surface area (Å²) in [6.07, 6.45) is 7.93.